The monoisotopic (exact) mass is 342 g/mol. The highest BCUT2D eigenvalue weighted by Crippen LogP contribution is 2.44. The number of hydrogen-bond donors (Lipinski definition) is 2. The van der Waals surface area contributed by atoms with Crippen molar-refractivity contribution in [3.05, 3.63) is 28.0 Å². The SMILES string of the molecule is Oc1c([C@@H](CC2CC2)N2CCNCC2)ccc(F)c1Br. The van der Waals surface area contributed by atoms with Crippen LogP contribution in [0.1, 0.15) is 30.9 Å². The van der Waals surface area contributed by atoms with Crippen LogP contribution in [0.25, 0.3) is 0 Å². The molecule has 1 aliphatic carbocycles. The van der Waals surface area contributed by atoms with Crippen molar-refractivity contribution < 1.29 is 9.50 Å². The van der Waals surface area contributed by atoms with E-state index in [-0.39, 0.29) is 16.3 Å². The molecule has 0 amide bonds. The van der Waals surface area contributed by atoms with E-state index in [0.717, 1.165) is 44.1 Å². The summed E-state index contributed by atoms with van der Waals surface area (Å²) in [5, 5.41) is 13.6. The molecule has 2 N–H and O–H groups in total. The summed E-state index contributed by atoms with van der Waals surface area (Å²) in [6.07, 6.45) is 3.63. The molecule has 2 aliphatic rings. The molecule has 110 valence electrons. The van der Waals surface area contributed by atoms with Gasteiger partial charge in [-0.2, -0.15) is 0 Å². The molecule has 1 atom stereocenters. The highest BCUT2D eigenvalue weighted by molar-refractivity contribution is 9.10. The van der Waals surface area contributed by atoms with Gasteiger partial charge in [0.05, 0.1) is 4.47 Å². The van der Waals surface area contributed by atoms with Gasteiger partial charge in [-0.05, 0) is 34.3 Å². The molecule has 0 bridgehead atoms. The summed E-state index contributed by atoms with van der Waals surface area (Å²) in [5.74, 6) is 0.420. The van der Waals surface area contributed by atoms with Gasteiger partial charge in [0.25, 0.3) is 0 Å². The zero-order chi connectivity index (χ0) is 14.1. The summed E-state index contributed by atoms with van der Waals surface area (Å²) in [5.41, 5.74) is 0.854. The minimum absolute atomic E-state index is 0.0641. The smallest absolute Gasteiger partial charge is 0.141 e. The third-order valence-corrected chi connectivity index (χ3v) is 5.06. The van der Waals surface area contributed by atoms with E-state index in [1.165, 1.54) is 18.9 Å². The van der Waals surface area contributed by atoms with E-state index in [2.05, 4.69) is 26.1 Å². The van der Waals surface area contributed by atoms with Crippen molar-refractivity contribution in [2.24, 2.45) is 5.92 Å². The number of rotatable bonds is 4. The first-order valence-corrected chi connectivity index (χ1v) is 8.07. The molecule has 0 spiro atoms. The Morgan fingerprint density at radius 3 is 2.70 bits per heavy atom. The van der Waals surface area contributed by atoms with Crippen molar-refractivity contribution in [1.29, 1.82) is 0 Å². The number of benzene rings is 1. The zero-order valence-corrected chi connectivity index (χ0v) is 13.0. The van der Waals surface area contributed by atoms with E-state index in [9.17, 15) is 9.50 Å². The Kier molecular flexibility index (Phi) is 4.29. The summed E-state index contributed by atoms with van der Waals surface area (Å²) < 4.78 is 13.7. The van der Waals surface area contributed by atoms with E-state index in [0.29, 0.717) is 0 Å². The Hall–Kier alpha value is -0.650. The average molecular weight is 343 g/mol. The van der Waals surface area contributed by atoms with Gasteiger partial charge < -0.3 is 10.4 Å². The molecule has 1 aliphatic heterocycles. The van der Waals surface area contributed by atoms with Gasteiger partial charge in [0.2, 0.25) is 0 Å². The van der Waals surface area contributed by atoms with Gasteiger partial charge in [0.1, 0.15) is 11.6 Å². The Balaban J connectivity index is 1.89. The fraction of sp³-hybridized carbons (Fsp3) is 0.600. The maximum atomic E-state index is 13.5. The first kappa shape index (κ1) is 14.3. The molecule has 1 saturated carbocycles. The third kappa shape index (κ3) is 3.00. The average Bonchev–Trinajstić information content (AvgIpc) is 3.28. The largest absolute Gasteiger partial charge is 0.506 e. The third-order valence-electron chi connectivity index (χ3n) is 4.31. The quantitative estimate of drug-likeness (QED) is 0.882. The fourth-order valence-corrected chi connectivity index (χ4v) is 3.32. The van der Waals surface area contributed by atoms with Crippen LogP contribution in [0.2, 0.25) is 0 Å². The number of halogens is 2. The van der Waals surface area contributed by atoms with E-state index in [1.807, 2.05) is 0 Å². The Labute approximate surface area is 127 Å². The molecule has 5 heteroatoms. The molecule has 0 aromatic heterocycles. The standard InChI is InChI=1S/C15H20BrFN2O/c16-14-12(17)4-3-11(15(14)20)13(9-10-1-2-10)19-7-5-18-6-8-19/h3-4,10,13,18,20H,1-2,5-9H2/t13-/m1/s1. The summed E-state index contributed by atoms with van der Waals surface area (Å²) in [7, 11) is 0. The minimum atomic E-state index is -0.406. The second-order valence-corrected chi connectivity index (χ2v) is 6.57. The van der Waals surface area contributed by atoms with Crippen LogP contribution in [0.5, 0.6) is 5.75 Å². The lowest BCUT2D eigenvalue weighted by atomic mass is 9.97. The molecular weight excluding hydrogens is 323 g/mol. The summed E-state index contributed by atoms with van der Waals surface area (Å²) in [6, 6.07) is 3.38. The van der Waals surface area contributed by atoms with Crippen molar-refractivity contribution in [2.75, 3.05) is 26.2 Å². The lowest BCUT2D eigenvalue weighted by Gasteiger charge is -2.35. The maximum absolute atomic E-state index is 13.5. The van der Waals surface area contributed by atoms with Crippen molar-refractivity contribution >= 4 is 15.9 Å². The van der Waals surface area contributed by atoms with Crippen LogP contribution in [-0.4, -0.2) is 36.2 Å². The van der Waals surface area contributed by atoms with E-state index < -0.39 is 5.82 Å². The molecular formula is C15H20BrFN2O. The highest BCUT2D eigenvalue weighted by Gasteiger charge is 2.32. The normalized spacial score (nSPS) is 21.9. The van der Waals surface area contributed by atoms with Gasteiger partial charge in [-0.25, -0.2) is 4.39 Å². The Morgan fingerprint density at radius 2 is 2.05 bits per heavy atom. The van der Waals surface area contributed by atoms with Crippen LogP contribution in [0, 0.1) is 11.7 Å². The van der Waals surface area contributed by atoms with E-state index in [4.69, 9.17) is 0 Å². The molecule has 1 aromatic rings. The molecule has 0 radical (unpaired) electrons. The number of phenolic OH excluding ortho intramolecular Hbond substituents is 1. The van der Waals surface area contributed by atoms with Crippen LogP contribution in [-0.2, 0) is 0 Å². The van der Waals surface area contributed by atoms with Gasteiger partial charge in [0, 0.05) is 37.8 Å². The number of nitrogens with one attached hydrogen (secondary N) is 1. The molecule has 0 unspecified atom stereocenters. The molecule has 3 nitrogen and oxygen atoms in total. The van der Waals surface area contributed by atoms with Crippen LogP contribution < -0.4 is 5.32 Å². The number of hydrogen-bond acceptors (Lipinski definition) is 3. The number of nitrogens with zero attached hydrogens (tertiary/aromatic N) is 1. The first-order chi connectivity index (χ1) is 9.66. The number of piperazine rings is 1. The predicted molar refractivity (Wildman–Crippen MR) is 80.3 cm³/mol. The first-order valence-electron chi connectivity index (χ1n) is 7.28. The van der Waals surface area contributed by atoms with Crippen molar-refractivity contribution in [1.82, 2.24) is 10.2 Å². The number of phenols is 1. The summed E-state index contributed by atoms with van der Waals surface area (Å²) in [4.78, 5) is 2.41. The second-order valence-electron chi connectivity index (χ2n) is 5.78. The molecule has 1 heterocycles. The van der Waals surface area contributed by atoms with Crippen LogP contribution >= 0.6 is 15.9 Å². The van der Waals surface area contributed by atoms with Crippen molar-refractivity contribution in [3.63, 3.8) is 0 Å². The molecule has 3 rings (SSSR count). The van der Waals surface area contributed by atoms with Gasteiger partial charge in [-0.1, -0.05) is 18.9 Å². The summed E-state index contributed by atoms with van der Waals surface area (Å²) >= 11 is 3.15. The van der Waals surface area contributed by atoms with E-state index >= 15 is 0 Å². The molecule has 1 saturated heterocycles. The maximum Gasteiger partial charge on any atom is 0.141 e. The van der Waals surface area contributed by atoms with Gasteiger partial charge >= 0.3 is 0 Å². The highest BCUT2D eigenvalue weighted by atomic mass is 79.9. The van der Waals surface area contributed by atoms with Crippen LogP contribution in [0.4, 0.5) is 4.39 Å². The Bertz CT molecular complexity index is 487. The van der Waals surface area contributed by atoms with Crippen molar-refractivity contribution in [2.45, 2.75) is 25.3 Å². The predicted octanol–water partition coefficient (Wildman–Crippen LogP) is 3.04. The number of aromatic hydroxyl groups is 1. The summed E-state index contributed by atoms with van der Waals surface area (Å²) in [6.45, 7) is 3.91. The molecule has 2 fully saturated rings. The van der Waals surface area contributed by atoms with Crippen molar-refractivity contribution in [3.8, 4) is 5.75 Å². The van der Waals surface area contributed by atoms with E-state index in [1.54, 1.807) is 6.07 Å². The lowest BCUT2D eigenvalue weighted by Crippen LogP contribution is -2.45. The van der Waals surface area contributed by atoms with Crippen LogP contribution in [0.3, 0.4) is 0 Å². The Morgan fingerprint density at radius 1 is 1.35 bits per heavy atom. The molecule has 20 heavy (non-hydrogen) atoms. The van der Waals surface area contributed by atoms with Gasteiger partial charge in [-0.15, -0.1) is 0 Å². The van der Waals surface area contributed by atoms with Gasteiger partial charge in [0.15, 0.2) is 0 Å². The minimum Gasteiger partial charge on any atom is -0.506 e. The van der Waals surface area contributed by atoms with Crippen LogP contribution in [0.15, 0.2) is 16.6 Å². The second kappa shape index (κ2) is 6.00. The zero-order valence-electron chi connectivity index (χ0n) is 11.4. The lowest BCUT2D eigenvalue weighted by molar-refractivity contribution is 0.158. The topological polar surface area (TPSA) is 35.5 Å². The fourth-order valence-electron chi connectivity index (χ4n) is 2.96. The molecule has 1 aromatic carbocycles. The van der Waals surface area contributed by atoms with Gasteiger partial charge in [-0.3, -0.25) is 4.90 Å².